The fourth-order valence-corrected chi connectivity index (χ4v) is 4.23. The van der Waals surface area contributed by atoms with Crippen molar-refractivity contribution in [2.75, 3.05) is 0 Å². The van der Waals surface area contributed by atoms with Crippen LogP contribution in [0.15, 0.2) is 18.2 Å². The zero-order valence-corrected chi connectivity index (χ0v) is 15.1. The second-order valence-corrected chi connectivity index (χ2v) is 8.47. The summed E-state index contributed by atoms with van der Waals surface area (Å²) in [6.07, 6.45) is 0. The van der Waals surface area contributed by atoms with Crippen LogP contribution in [0.4, 0.5) is 0 Å². The molecule has 0 heterocycles. The first-order valence-electron chi connectivity index (χ1n) is 8.34. The second-order valence-electron chi connectivity index (χ2n) is 8.47. The van der Waals surface area contributed by atoms with Gasteiger partial charge in [-0.15, -0.1) is 0 Å². The molecule has 21 heavy (non-hydrogen) atoms. The molecule has 118 valence electrons. The minimum Gasteiger partial charge on any atom is -0.327 e. The Hall–Kier alpha value is -0.820. The van der Waals surface area contributed by atoms with Crippen molar-refractivity contribution in [2.24, 2.45) is 28.4 Å². The molecule has 0 aliphatic heterocycles. The van der Waals surface area contributed by atoms with E-state index in [1.165, 1.54) is 16.7 Å². The van der Waals surface area contributed by atoms with Crippen LogP contribution in [0, 0.1) is 36.5 Å². The van der Waals surface area contributed by atoms with Crippen molar-refractivity contribution in [1.29, 1.82) is 0 Å². The molecule has 1 aromatic rings. The maximum absolute atomic E-state index is 6.73. The maximum Gasteiger partial charge on any atom is 0.0142 e. The molecule has 1 fully saturated rings. The van der Waals surface area contributed by atoms with Gasteiger partial charge in [-0.3, -0.25) is 0 Å². The Morgan fingerprint density at radius 3 is 1.90 bits per heavy atom. The summed E-state index contributed by atoms with van der Waals surface area (Å²) in [7, 11) is 0. The molecular weight excluding hydrogens is 254 g/mol. The quantitative estimate of drug-likeness (QED) is 0.768. The zero-order chi connectivity index (χ0) is 16.2. The molecule has 1 saturated carbocycles. The predicted octanol–water partition coefficient (Wildman–Crippen LogP) is 5.05. The van der Waals surface area contributed by atoms with Gasteiger partial charge in [0, 0.05) is 12.0 Å². The molecule has 0 amide bonds. The molecule has 1 aliphatic rings. The van der Waals surface area contributed by atoms with Crippen LogP contribution >= 0.6 is 0 Å². The highest BCUT2D eigenvalue weighted by Gasteiger charge is 2.54. The summed E-state index contributed by atoms with van der Waals surface area (Å²) in [4.78, 5) is 0. The molecule has 0 bridgehead atoms. The van der Waals surface area contributed by atoms with E-state index in [2.05, 4.69) is 73.6 Å². The molecule has 0 aromatic heterocycles. The highest BCUT2D eigenvalue weighted by atomic mass is 14.7. The highest BCUT2D eigenvalue weighted by molar-refractivity contribution is 5.34. The summed E-state index contributed by atoms with van der Waals surface area (Å²) in [5.41, 5.74) is 11.4. The van der Waals surface area contributed by atoms with Gasteiger partial charge in [0.25, 0.3) is 0 Å². The van der Waals surface area contributed by atoms with E-state index in [1.54, 1.807) is 0 Å². The Morgan fingerprint density at radius 2 is 1.38 bits per heavy atom. The van der Waals surface area contributed by atoms with Gasteiger partial charge in [0.05, 0.1) is 0 Å². The van der Waals surface area contributed by atoms with Crippen LogP contribution < -0.4 is 5.73 Å². The average molecular weight is 287 g/mol. The van der Waals surface area contributed by atoms with E-state index in [4.69, 9.17) is 5.73 Å². The standard InChI is InChI=1S/C20H33N/c1-12-9-10-16(11-13(12)2)17-14(3)19(5,6)20(7,8)15(4)18(17)21/h9-11,14-15,17-18H,21H2,1-8H3. The summed E-state index contributed by atoms with van der Waals surface area (Å²) in [5.74, 6) is 1.53. The Bertz CT molecular complexity index is 527. The van der Waals surface area contributed by atoms with Gasteiger partial charge in [0.15, 0.2) is 0 Å². The zero-order valence-electron chi connectivity index (χ0n) is 15.1. The van der Waals surface area contributed by atoms with Crippen molar-refractivity contribution in [3.8, 4) is 0 Å². The number of aryl methyl sites for hydroxylation is 2. The number of nitrogens with two attached hydrogens (primary N) is 1. The lowest BCUT2D eigenvalue weighted by Gasteiger charge is -2.59. The van der Waals surface area contributed by atoms with Crippen molar-refractivity contribution < 1.29 is 0 Å². The molecular formula is C20H33N. The number of rotatable bonds is 1. The summed E-state index contributed by atoms with van der Waals surface area (Å²) in [5, 5.41) is 0. The lowest BCUT2D eigenvalue weighted by Crippen LogP contribution is -2.58. The van der Waals surface area contributed by atoms with Crippen LogP contribution in [0.3, 0.4) is 0 Å². The third-order valence-corrected chi connectivity index (χ3v) is 7.38. The molecule has 4 atom stereocenters. The van der Waals surface area contributed by atoms with Crippen molar-refractivity contribution in [3.05, 3.63) is 34.9 Å². The topological polar surface area (TPSA) is 26.0 Å². The van der Waals surface area contributed by atoms with Crippen LogP contribution in [-0.4, -0.2) is 6.04 Å². The summed E-state index contributed by atoms with van der Waals surface area (Å²) in [6.45, 7) is 18.8. The Kier molecular flexibility index (Phi) is 4.04. The van der Waals surface area contributed by atoms with E-state index >= 15 is 0 Å². The molecule has 1 heteroatoms. The van der Waals surface area contributed by atoms with Crippen LogP contribution in [0.2, 0.25) is 0 Å². The monoisotopic (exact) mass is 287 g/mol. The van der Waals surface area contributed by atoms with E-state index < -0.39 is 0 Å². The van der Waals surface area contributed by atoms with Crippen LogP contribution in [-0.2, 0) is 0 Å². The minimum atomic E-state index is 0.227. The van der Waals surface area contributed by atoms with Gasteiger partial charge >= 0.3 is 0 Å². The first kappa shape index (κ1) is 16.5. The van der Waals surface area contributed by atoms with Gasteiger partial charge in [0.1, 0.15) is 0 Å². The van der Waals surface area contributed by atoms with Gasteiger partial charge in [0.2, 0.25) is 0 Å². The summed E-state index contributed by atoms with van der Waals surface area (Å²) >= 11 is 0. The molecule has 1 nitrogen and oxygen atoms in total. The Morgan fingerprint density at radius 1 is 0.857 bits per heavy atom. The van der Waals surface area contributed by atoms with Crippen LogP contribution in [0.25, 0.3) is 0 Å². The highest BCUT2D eigenvalue weighted by Crippen LogP contribution is 2.59. The average Bonchev–Trinajstić information content (AvgIpc) is 2.40. The largest absolute Gasteiger partial charge is 0.327 e. The van der Waals surface area contributed by atoms with Gasteiger partial charge in [-0.2, -0.15) is 0 Å². The lowest BCUT2D eigenvalue weighted by molar-refractivity contribution is -0.0690. The Balaban J connectivity index is 2.50. The molecule has 1 aliphatic carbocycles. The molecule has 4 unspecified atom stereocenters. The van der Waals surface area contributed by atoms with E-state index in [1.807, 2.05) is 0 Å². The van der Waals surface area contributed by atoms with E-state index in [0.717, 1.165) is 0 Å². The molecule has 0 spiro atoms. The predicted molar refractivity (Wildman–Crippen MR) is 92.5 cm³/mol. The lowest BCUT2D eigenvalue weighted by atomic mass is 9.46. The van der Waals surface area contributed by atoms with Crippen LogP contribution in [0.5, 0.6) is 0 Å². The van der Waals surface area contributed by atoms with Crippen LogP contribution in [0.1, 0.15) is 64.2 Å². The molecule has 2 rings (SSSR count). The fourth-order valence-electron chi connectivity index (χ4n) is 4.23. The van der Waals surface area contributed by atoms with Crippen molar-refractivity contribution in [3.63, 3.8) is 0 Å². The molecule has 0 radical (unpaired) electrons. The van der Waals surface area contributed by atoms with Gasteiger partial charge < -0.3 is 5.73 Å². The minimum absolute atomic E-state index is 0.227. The Labute approximate surface area is 131 Å². The van der Waals surface area contributed by atoms with E-state index in [-0.39, 0.29) is 16.9 Å². The first-order valence-corrected chi connectivity index (χ1v) is 8.34. The molecule has 0 saturated heterocycles. The summed E-state index contributed by atoms with van der Waals surface area (Å²) < 4.78 is 0. The normalized spacial score (nSPS) is 34.7. The number of benzene rings is 1. The number of hydrogen-bond acceptors (Lipinski definition) is 1. The second kappa shape index (κ2) is 5.12. The number of hydrogen-bond donors (Lipinski definition) is 1. The fraction of sp³-hybridized carbons (Fsp3) is 0.700. The SMILES string of the molecule is Cc1ccc(C2C(N)C(C)C(C)(C)C(C)(C)C2C)cc1C. The van der Waals surface area contributed by atoms with E-state index in [0.29, 0.717) is 17.8 Å². The maximum atomic E-state index is 6.73. The first-order chi connectivity index (χ1) is 9.51. The van der Waals surface area contributed by atoms with Crippen molar-refractivity contribution in [1.82, 2.24) is 0 Å². The van der Waals surface area contributed by atoms with Gasteiger partial charge in [-0.1, -0.05) is 59.7 Å². The smallest absolute Gasteiger partial charge is 0.0142 e. The third kappa shape index (κ3) is 2.34. The van der Waals surface area contributed by atoms with Gasteiger partial charge in [-0.25, -0.2) is 0 Å². The van der Waals surface area contributed by atoms with Crippen molar-refractivity contribution >= 4 is 0 Å². The molecule has 1 aromatic carbocycles. The van der Waals surface area contributed by atoms with Crippen molar-refractivity contribution in [2.45, 2.75) is 67.3 Å². The van der Waals surface area contributed by atoms with E-state index in [9.17, 15) is 0 Å². The summed E-state index contributed by atoms with van der Waals surface area (Å²) in [6, 6.07) is 7.13. The molecule has 2 N–H and O–H groups in total. The third-order valence-electron chi connectivity index (χ3n) is 7.38. The van der Waals surface area contributed by atoms with Gasteiger partial charge in [-0.05, 0) is 53.2 Å².